The monoisotopic (exact) mass is 369 g/mol. The molecular weight excluding hydrogens is 354 g/mol. The standard InChI is InChI=1S/C11H16BrNO2S3/c1-11(2)5-6-13(7-8-16-11)18(14,15)10-4-3-9(12)17-10/h3-4H,5-8H2,1-2H3. The fourth-order valence-electron chi connectivity index (χ4n) is 1.81. The Hall–Kier alpha value is 0.440. The zero-order chi connectivity index (χ0) is 13.4. The normalized spacial score (nSPS) is 21.7. The van der Waals surface area contributed by atoms with Gasteiger partial charge in [0.2, 0.25) is 0 Å². The van der Waals surface area contributed by atoms with Crippen LogP contribution in [-0.2, 0) is 10.0 Å². The smallest absolute Gasteiger partial charge is 0.206 e. The van der Waals surface area contributed by atoms with Crippen LogP contribution in [0.1, 0.15) is 20.3 Å². The maximum absolute atomic E-state index is 12.5. The molecule has 0 saturated carbocycles. The molecule has 0 amide bonds. The molecule has 1 saturated heterocycles. The van der Waals surface area contributed by atoms with E-state index in [-0.39, 0.29) is 4.75 Å². The number of thioether (sulfide) groups is 1. The van der Waals surface area contributed by atoms with Crippen LogP contribution in [0.4, 0.5) is 0 Å². The van der Waals surface area contributed by atoms with E-state index in [2.05, 4.69) is 29.8 Å². The van der Waals surface area contributed by atoms with Crippen molar-refractivity contribution in [2.75, 3.05) is 18.8 Å². The van der Waals surface area contributed by atoms with Crippen molar-refractivity contribution in [2.24, 2.45) is 0 Å². The van der Waals surface area contributed by atoms with E-state index in [1.165, 1.54) is 11.3 Å². The summed E-state index contributed by atoms with van der Waals surface area (Å²) in [5.41, 5.74) is 0. The molecule has 1 aromatic rings. The average Bonchev–Trinajstić information content (AvgIpc) is 2.61. The lowest BCUT2D eigenvalue weighted by molar-refractivity contribution is 0.416. The molecule has 0 radical (unpaired) electrons. The van der Waals surface area contributed by atoms with Crippen LogP contribution in [0.2, 0.25) is 0 Å². The Morgan fingerprint density at radius 1 is 1.33 bits per heavy atom. The number of nitrogens with zero attached hydrogens (tertiary/aromatic N) is 1. The first-order valence-corrected chi connectivity index (χ1v) is 9.74. The fraction of sp³-hybridized carbons (Fsp3) is 0.636. The molecule has 102 valence electrons. The molecule has 1 aliphatic rings. The summed E-state index contributed by atoms with van der Waals surface area (Å²) in [7, 11) is -3.31. The minimum absolute atomic E-state index is 0.167. The van der Waals surface area contributed by atoms with E-state index in [4.69, 9.17) is 0 Å². The van der Waals surface area contributed by atoms with E-state index >= 15 is 0 Å². The molecule has 1 aromatic heterocycles. The summed E-state index contributed by atoms with van der Waals surface area (Å²) in [6.07, 6.45) is 0.892. The van der Waals surface area contributed by atoms with Crippen molar-refractivity contribution in [3.63, 3.8) is 0 Å². The van der Waals surface area contributed by atoms with Crippen molar-refractivity contribution in [2.45, 2.75) is 29.2 Å². The molecule has 0 bridgehead atoms. The molecule has 1 aliphatic heterocycles. The van der Waals surface area contributed by atoms with Gasteiger partial charge < -0.3 is 0 Å². The minimum Gasteiger partial charge on any atom is -0.206 e. The molecule has 0 aliphatic carbocycles. The largest absolute Gasteiger partial charge is 0.252 e. The Labute approximate surface area is 125 Å². The van der Waals surface area contributed by atoms with Crippen molar-refractivity contribution >= 4 is 49.1 Å². The van der Waals surface area contributed by atoms with E-state index in [0.29, 0.717) is 17.3 Å². The van der Waals surface area contributed by atoms with Crippen LogP contribution in [-0.4, -0.2) is 36.3 Å². The van der Waals surface area contributed by atoms with Crippen molar-refractivity contribution < 1.29 is 8.42 Å². The van der Waals surface area contributed by atoms with E-state index in [1.54, 1.807) is 16.4 Å². The summed E-state index contributed by atoms with van der Waals surface area (Å²) in [4.78, 5) is 0. The van der Waals surface area contributed by atoms with Gasteiger partial charge in [0.25, 0.3) is 10.0 Å². The third-order valence-corrected chi connectivity index (χ3v) is 8.30. The van der Waals surface area contributed by atoms with E-state index in [9.17, 15) is 8.42 Å². The molecule has 3 nitrogen and oxygen atoms in total. The Morgan fingerprint density at radius 2 is 2.06 bits per heavy atom. The second-order valence-electron chi connectivity index (χ2n) is 4.82. The summed E-state index contributed by atoms with van der Waals surface area (Å²) >= 11 is 6.44. The minimum atomic E-state index is -3.31. The maximum atomic E-state index is 12.5. The molecular formula is C11H16BrNO2S3. The number of halogens is 1. The Kier molecular flexibility index (Phi) is 4.48. The Bertz CT molecular complexity index is 524. The van der Waals surface area contributed by atoms with E-state index in [0.717, 1.165) is 16.0 Å². The van der Waals surface area contributed by atoms with Crippen molar-refractivity contribution in [1.29, 1.82) is 0 Å². The van der Waals surface area contributed by atoms with Gasteiger partial charge in [-0.15, -0.1) is 11.3 Å². The van der Waals surface area contributed by atoms with Crippen molar-refractivity contribution in [3.8, 4) is 0 Å². The van der Waals surface area contributed by atoms with Crippen LogP contribution in [0, 0.1) is 0 Å². The van der Waals surface area contributed by atoms with Gasteiger partial charge >= 0.3 is 0 Å². The van der Waals surface area contributed by atoms with Crippen LogP contribution < -0.4 is 0 Å². The molecule has 1 fully saturated rings. The average molecular weight is 370 g/mol. The number of rotatable bonds is 2. The third-order valence-electron chi connectivity index (χ3n) is 2.94. The highest BCUT2D eigenvalue weighted by Gasteiger charge is 2.31. The first-order valence-electron chi connectivity index (χ1n) is 5.71. The third kappa shape index (κ3) is 3.30. The van der Waals surface area contributed by atoms with Gasteiger partial charge in [-0.25, -0.2) is 8.42 Å². The molecule has 0 atom stereocenters. The molecule has 18 heavy (non-hydrogen) atoms. The van der Waals surface area contributed by atoms with Gasteiger partial charge in [-0.2, -0.15) is 16.1 Å². The van der Waals surface area contributed by atoms with Gasteiger partial charge in [0, 0.05) is 23.6 Å². The van der Waals surface area contributed by atoms with Gasteiger partial charge in [-0.05, 0) is 34.5 Å². The number of thiophene rings is 1. The first-order chi connectivity index (χ1) is 8.31. The summed E-state index contributed by atoms with van der Waals surface area (Å²) < 4.78 is 28.0. The summed E-state index contributed by atoms with van der Waals surface area (Å²) in [6.45, 7) is 5.56. The lowest BCUT2D eigenvalue weighted by Gasteiger charge is -2.22. The van der Waals surface area contributed by atoms with Crippen molar-refractivity contribution in [3.05, 3.63) is 15.9 Å². The van der Waals surface area contributed by atoms with Gasteiger partial charge in [-0.1, -0.05) is 13.8 Å². The molecule has 0 spiro atoms. The SMILES string of the molecule is CC1(C)CCN(S(=O)(=O)c2ccc(Br)s2)CCS1. The maximum Gasteiger partial charge on any atom is 0.252 e. The van der Waals surface area contributed by atoms with Gasteiger partial charge in [0.15, 0.2) is 0 Å². The first kappa shape index (κ1) is 14.8. The Balaban J connectivity index is 2.21. The Morgan fingerprint density at radius 3 is 2.67 bits per heavy atom. The molecule has 0 N–H and O–H groups in total. The zero-order valence-corrected chi connectivity index (χ0v) is 14.4. The zero-order valence-electron chi connectivity index (χ0n) is 10.3. The second-order valence-corrected chi connectivity index (χ2v) is 11.3. The highest BCUT2D eigenvalue weighted by Crippen LogP contribution is 2.34. The van der Waals surface area contributed by atoms with Crippen LogP contribution >= 0.6 is 39.0 Å². The van der Waals surface area contributed by atoms with Gasteiger partial charge in [0.1, 0.15) is 4.21 Å². The van der Waals surface area contributed by atoms with E-state index in [1.807, 2.05) is 11.8 Å². The summed E-state index contributed by atoms with van der Waals surface area (Å²) in [5, 5.41) is 0. The quantitative estimate of drug-likeness (QED) is 0.801. The molecule has 0 unspecified atom stereocenters. The highest BCUT2D eigenvalue weighted by molar-refractivity contribution is 9.11. The molecule has 2 heterocycles. The predicted molar refractivity (Wildman–Crippen MR) is 81.9 cm³/mol. The van der Waals surface area contributed by atoms with Gasteiger partial charge in [0.05, 0.1) is 3.79 Å². The molecule has 7 heteroatoms. The summed E-state index contributed by atoms with van der Waals surface area (Å²) in [5.74, 6) is 0.860. The van der Waals surface area contributed by atoms with Crippen LogP contribution in [0.5, 0.6) is 0 Å². The fourth-order valence-corrected chi connectivity index (χ4v) is 6.63. The van der Waals surface area contributed by atoms with Gasteiger partial charge in [-0.3, -0.25) is 0 Å². The number of hydrogen-bond donors (Lipinski definition) is 0. The van der Waals surface area contributed by atoms with Crippen LogP contribution in [0.3, 0.4) is 0 Å². The predicted octanol–water partition coefficient (Wildman–Crippen LogP) is 3.42. The molecule has 0 aromatic carbocycles. The lowest BCUT2D eigenvalue weighted by atomic mass is 10.1. The number of sulfonamides is 1. The number of hydrogen-bond acceptors (Lipinski definition) is 4. The second kappa shape index (κ2) is 5.44. The summed E-state index contributed by atoms with van der Waals surface area (Å²) in [6, 6.07) is 3.46. The van der Waals surface area contributed by atoms with Crippen LogP contribution in [0.15, 0.2) is 20.1 Å². The van der Waals surface area contributed by atoms with Crippen LogP contribution in [0.25, 0.3) is 0 Å². The topological polar surface area (TPSA) is 37.4 Å². The lowest BCUT2D eigenvalue weighted by Crippen LogP contribution is -2.33. The van der Waals surface area contributed by atoms with Crippen molar-refractivity contribution in [1.82, 2.24) is 4.31 Å². The van der Waals surface area contributed by atoms with E-state index < -0.39 is 10.0 Å². The molecule has 2 rings (SSSR count). The highest BCUT2D eigenvalue weighted by atomic mass is 79.9.